The summed E-state index contributed by atoms with van der Waals surface area (Å²) in [5.74, 6) is 0. The summed E-state index contributed by atoms with van der Waals surface area (Å²) in [6.07, 6.45) is -0.148. The van der Waals surface area contributed by atoms with Crippen LogP contribution in [0.1, 0.15) is 56.6 Å². The predicted octanol–water partition coefficient (Wildman–Crippen LogP) is 5.89. The molecule has 0 N–H and O–H groups in total. The normalized spacial score (nSPS) is 14.1. The molecule has 0 amide bonds. The van der Waals surface area contributed by atoms with E-state index in [9.17, 15) is 4.79 Å². The van der Waals surface area contributed by atoms with Gasteiger partial charge in [0.25, 0.3) is 0 Å². The van der Waals surface area contributed by atoms with Crippen LogP contribution in [-0.4, -0.2) is 10.7 Å². The summed E-state index contributed by atoms with van der Waals surface area (Å²) < 4.78 is 0. The van der Waals surface area contributed by atoms with Crippen molar-refractivity contribution in [3.63, 3.8) is 0 Å². The summed E-state index contributed by atoms with van der Waals surface area (Å²) in [4.78, 5) is 23.7. The fraction of sp³-hybridized carbons (Fsp3) is 0.381. The van der Waals surface area contributed by atoms with E-state index in [4.69, 9.17) is 9.78 Å². The molecule has 0 fully saturated rings. The molecule has 0 bridgehead atoms. The van der Waals surface area contributed by atoms with Gasteiger partial charge in [0.1, 0.15) is 6.10 Å². The smallest absolute Gasteiger partial charge is 0.192 e. The Morgan fingerprint density at radius 3 is 2.00 bits per heavy atom. The summed E-state index contributed by atoms with van der Waals surface area (Å²) in [6, 6.07) is 19.8. The zero-order chi connectivity index (χ0) is 18.3. The highest BCUT2D eigenvalue weighted by Gasteiger charge is 2.23. The van der Waals surface area contributed by atoms with Crippen LogP contribution in [0.25, 0.3) is 0 Å². The van der Waals surface area contributed by atoms with E-state index in [2.05, 4.69) is 0 Å². The Kier molecular flexibility index (Phi) is 7.24. The van der Waals surface area contributed by atoms with E-state index < -0.39 is 11.7 Å². The summed E-state index contributed by atoms with van der Waals surface area (Å²) in [5, 5.41) is 0.191. The van der Waals surface area contributed by atoms with Crippen LogP contribution in [0.2, 0.25) is 0 Å². The largest absolute Gasteiger partial charge is 0.287 e. The second kappa shape index (κ2) is 9.18. The van der Waals surface area contributed by atoms with Gasteiger partial charge in [0.2, 0.25) is 0 Å². The first-order valence-electron chi connectivity index (χ1n) is 8.49. The molecular formula is C21H26O3S. The molecule has 0 heterocycles. The SMILES string of the molecule is CC(SC(=O)CC(OOC(C)(C)C)c1ccccc1)c1ccccc1. The van der Waals surface area contributed by atoms with Gasteiger partial charge in [-0.1, -0.05) is 72.4 Å². The second-order valence-corrected chi connectivity index (χ2v) is 8.34. The van der Waals surface area contributed by atoms with Crippen molar-refractivity contribution in [2.24, 2.45) is 0 Å². The number of benzene rings is 2. The molecule has 25 heavy (non-hydrogen) atoms. The van der Waals surface area contributed by atoms with E-state index in [1.54, 1.807) is 0 Å². The molecule has 134 valence electrons. The monoisotopic (exact) mass is 358 g/mol. The first kappa shape index (κ1) is 19.7. The van der Waals surface area contributed by atoms with Crippen LogP contribution in [0.15, 0.2) is 60.7 Å². The van der Waals surface area contributed by atoms with Crippen molar-refractivity contribution >= 4 is 16.9 Å². The molecule has 4 heteroatoms. The summed E-state index contributed by atoms with van der Waals surface area (Å²) in [5.41, 5.74) is 1.65. The quantitative estimate of drug-likeness (QED) is 0.457. The van der Waals surface area contributed by atoms with Crippen molar-refractivity contribution in [2.45, 2.75) is 51.1 Å². The molecule has 0 aliphatic rings. The van der Waals surface area contributed by atoms with Crippen molar-refractivity contribution in [3.8, 4) is 0 Å². The fourth-order valence-electron chi connectivity index (χ4n) is 2.27. The molecule has 0 aromatic heterocycles. The minimum atomic E-state index is -0.430. The Morgan fingerprint density at radius 1 is 0.960 bits per heavy atom. The second-order valence-electron chi connectivity index (χ2n) is 6.94. The van der Waals surface area contributed by atoms with E-state index in [1.165, 1.54) is 11.8 Å². The molecule has 2 aromatic rings. The van der Waals surface area contributed by atoms with Crippen LogP contribution in [0.3, 0.4) is 0 Å². The summed E-state index contributed by atoms with van der Waals surface area (Å²) in [6.45, 7) is 7.80. The standard InChI is InChI=1S/C21H26O3S/c1-16(17-11-7-5-8-12-17)25-20(22)15-19(23-24-21(2,3)4)18-13-9-6-10-14-18/h5-14,16,19H,15H2,1-4H3. The van der Waals surface area contributed by atoms with Gasteiger partial charge in [0.05, 0.1) is 12.0 Å². The maximum Gasteiger partial charge on any atom is 0.192 e. The number of thioether (sulfide) groups is 1. The number of hydrogen-bond acceptors (Lipinski definition) is 4. The Morgan fingerprint density at radius 2 is 1.48 bits per heavy atom. The number of carbonyl (C=O) groups excluding carboxylic acids is 1. The lowest BCUT2D eigenvalue weighted by Crippen LogP contribution is -2.22. The van der Waals surface area contributed by atoms with Crippen LogP contribution in [0.5, 0.6) is 0 Å². The third kappa shape index (κ3) is 7.02. The molecule has 0 aliphatic heterocycles. The van der Waals surface area contributed by atoms with Gasteiger partial charge in [-0.3, -0.25) is 4.79 Å². The molecule has 0 saturated carbocycles. The lowest BCUT2D eigenvalue weighted by atomic mass is 10.1. The first-order chi connectivity index (χ1) is 11.8. The van der Waals surface area contributed by atoms with E-state index in [1.807, 2.05) is 88.4 Å². The Bertz CT molecular complexity index is 650. The number of carbonyl (C=O) groups is 1. The van der Waals surface area contributed by atoms with E-state index in [0.29, 0.717) is 0 Å². The first-order valence-corrected chi connectivity index (χ1v) is 9.37. The van der Waals surface area contributed by atoms with Gasteiger partial charge in [-0.15, -0.1) is 0 Å². The van der Waals surface area contributed by atoms with Gasteiger partial charge in [-0.2, -0.15) is 0 Å². The molecule has 0 radical (unpaired) electrons. The highest BCUT2D eigenvalue weighted by molar-refractivity contribution is 8.13. The minimum Gasteiger partial charge on any atom is -0.287 e. The predicted molar refractivity (Wildman–Crippen MR) is 103 cm³/mol. The van der Waals surface area contributed by atoms with Crippen LogP contribution in [-0.2, 0) is 14.6 Å². The third-order valence-corrected chi connectivity index (χ3v) is 4.57. The fourth-order valence-corrected chi connectivity index (χ4v) is 3.20. The molecule has 0 aliphatic carbocycles. The molecular weight excluding hydrogens is 332 g/mol. The maximum absolute atomic E-state index is 12.6. The molecule has 0 spiro atoms. The average Bonchev–Trinajstić information content (AvgIpc) is 2.59. The zero-order valence-electron chi connectivity index (χ0n) is 15.3. The van der Waals surface area contributed by atoms with Crippen LogP contribution in [0.4, 0.5) is 0 Å². The van der Waals surface area contributed by atoms with Crippen molar-refractivity contribution in [2.75, 3.05) is 0 Å². The minimum absolute atomic E-state index is 0.0858. The average molecular weight is 359 g/mol. The van der Waals surface area contributed by atoms with Crippen molar-refractivity contribution in [1.82, 2.24) is 0 Å². The highest BCUT2D eigenvalue weighted by atomic mass is 32.2. The lowest BCUT2D eigenvalue weighted by Gasteiger charge is -2.23. The van der Waals surface area contributed by atoms with Gasteiger partial charge in [0.15, 0.2) is 5.12 Å². The number of hydrogen-bond donors (Lipinski definition) is 0. The Balaban J connectivity index is 2.01. The highest BCUT2D eigenvalue weighted by Crippen LogP contribution is 2.33. The van der Waals surface area contributed by atoms with Gasteiger partial charge < -0.3 is 0 Å². The van der Waals surface area contributed by atoms with Crippen molar-refractivity contribution in [3.05, 3.63) is 71.8 Å². The molecule has 2 atom stereocenters. The van der Waals surface area contributed by atoms with Gasteiger partial charge in [0, 0.05) is 5.25 Å². The molecule has 3 nitrogen and oxygen atoms in total. The molecule has 2 aromatic carbocycles. The molecule has 2 unspecified atom stereocenters. The molecule has 2 rings (SSSR count). The van der Waals surface area contributed by atoms with Crippen molar-refractivity contribution in [1.29, 1.82) is 0 Å². The summed E-state index contributed by atoms with van der Waals surface area (Å²) >= 11 is 1.33. The maximum atomic E-state index is 12.6. The third-order valence-electron chi connectivity index (χ3n) is 3.51. The Hall–Kier alpha value is -1.62. The number of rotatable bonds is 7. The van der Waals surface area contributed by atoms with E-state index in [0.717, 1.165) is 11.1 Å². The van der Waals surface area contributed by atoms with Crippen LogP contribution in [0, 0.1) is 0 Å². The molecule has 0 saturated heterocycles. The van der Waals surface area contributed by atoms with Gasteiger partial charge >= 0.3 is 0 Å². The van der Waals surface area contributed by atoms with Crippen molar-refractivity contribution < 1.29 is 14.6 Å². The van der Waals surface area contributed by atoms with Crippen LogP contribution < -0.4 is 0 Å². The lowest BCUT2D eigenvalue weighted by molar-refractivity contribution is -0.375. The summed E-state index contributed by atoms with van der Waals surface area (Å²) in [7, 11) is 0. The zero-order valence-corrected chi connectivity index (χ0v) is 16.1. The van der Waals surface area contributed by atoms with E-state index >= 15 is 0 Å². The topological polar surface area (TPSA) is 35.5 Å². The Labute approximate surface area is 154 Å². The van der Waals surface area contributed by atoms with E-state index in [-0.39, 0.29) is 16.8 Å². The van der Waals surface area contributed by atoms with Gasteiger partial charge in [-0.25, -0.2) is 9.78 Å². The van der Waals surface area contributed by atoms with Crippen LogP contribution >= 0.6 is 11.8 Å². The van der Waals surface area contributed by atoms with Gasteiger partial charge in [-0.05, 0) is 38.8 Å².